The summed E-state index contributed by atoms with van der Waals surface area (Å²) < 4.78 is 16.8. The van der Waals surface area contributed by atoms with E-state index in [4.69, 9.17) is 14.2 Å². The van der Waals surface area contributed by atoms with E-state index in [-0.39, 0.29) is 35.2 Å². The Balaban J connectivity index is 0.931. The smallest absolute Gasteiger partial charge is 0.247 e. The van der Waals surface area contributed by atoms with Crippen LogP contribution >= 0.6 is 0 Å². The minimum Gasteiger partial charge on any atom is -0.393 e. The fourth-order valence-electron chi connectivity index (χ4n) is 9.38. The number of nitrogens with zero attached hydrogens (tertiary/aromatic N) is 1. The van der Waals surface area contributed by atoms with Crippen LogP contribution in [-0.4, -0.2) is 101 Å². The standard InChI is InChI=1S/C46H74N4O7/c1-5-21-48-43(52)18-27-55-26-17-39-32-38(39)16-24-47-25-29-57-31-30-56-28-19-44(53)49-22-6-7-23-50-45(54)35(3)41-14-15-42-36(9-8-20-46(41,42)4)11-12-37-33-40(51)13-10-34(37)2/h5,11-12,21,35,38-42,47,51H,1-2,6-10,13-20,22-33H2,3-4H3,(H,49,53)(H,50,54)/b36-11+,37-12-,48-21?/t35-,38?,39?,40-,41?,42?,46?/m0/s1. The van der Waals surface area contributed by atoms with Gasteiger partial charge in [-0.25, -0.2) is 4.99 Å². The van der Waals surface area contributed by atoms with Gasteiger partial charge in [0, 0.05) is 44.8 Å². The van der Waals surface area contributed by atoms with Gasteiger partial charge >= 0.3 is 0 Å². The molecule has 0 spiro atoms. The molecular formula is C46H74N4O7. The number of fused-ring (bicyclic) bond motifs is 1. The second-order valence-corrected chi connectivity index (χ2v) is 17.0. The Kier molecular flexibility index (Phi) is 20.9. The third kappa shape index (κ3) is 16.3. The van der Waals surface area contributed by atoms with E-state index in [1.165, 1.54) is 29.9 Å². The molecule has 4 aliphatic rings. The largest absolute Gasteiger partial charge is 0.393 e. The lowest BCUT2D eigenvalue weighted by molar-refractivity contribution is -0.128. The van der Waals surface area contributed by atoms with E-state index >= 15 is 0 Å². The highest BCUT2D eigenvalue weighted by Crippen LogP contribution is 2.59. The predicted molar refractivity (Wildman–Crippen MR) is 227 cm³/mol. The van der Waals surface area contributed by atoms with Crippen molar-refractivity contribution in [3.05, 3.63) is 48.1 Å². The molecule has 4 fully saturated rings. The highest BCUT2D eigenvalue weighted by Gasteiger charge is 2.51. The van der Waals surface area contributed by atoms with Crippen LogP contribution in [0.4, 0.5) is 0 Å². The number of aliphatic imine (C=N–C) groups is 1. The zero-order valence-electron chi connectivity index (χ0n) is 35.2. The highest BCUT2D eigenvalue weighted by molar-refractivity contribution is 5.88. The summed E-state index contributed by atoms with van der Waals surface area (Å²) in [4.78, 5) is 40.7. The lowest BCUT2D eigenvalue weighted by atomic mass is 9.61. The molecule has 0 heterocycles. The fraction of sp³-hybridized carbons (Fsp3) is 0.739. The molecule has 0 aliphatic heterocycles. The van der Waals surface area contributed by atoms with Gasteiger partial charge in [-0.1, -0.05) is 56.4 Å². The average molecular weight is 795 g/mol. The monoisotopic (exact) mass is 795 g/mol. The molecule has 4 rings (SSSR count). The summed E-state index contributed by atoms with van der Waals surface area (Å²) >= 11 is 0. The SMILES string of the molecule is C=CC=NC(=O)CCOCCC1CC1CCNCCOCCOCCC(=O)NCCCCNC(=O)[C@@H](C)C1CCC2/C(=C/C=C3/C[C@@H](O)CCC3=C)CCCC21C. The molecule has 11 heteroatoms. The zero-order valence-corrected chi connectivity index (χ0v) is 35.2. The Morgan fingerprint density at radius 1 is 0.895 bits per heavy atom. The first kappa shape index (κ1) is 46.7. The van der Waals surface area contributed by atoms with Gasteiger partial charge < -0.3 is 35.3 Å². The first-order valence-corrected chi connectivity index (χ1v) is 22.0. The molecule has 0 saturated heterocycles. The molecule has 7 atom stereocenters. The Morgan fingerprint density at radius 3 is 2.44 bits per heavy atom. The van der Waals surface area contributed by atoms with Gasteiger partial charge in [0.2, 0.25) is 17.7 Å². The van der Waals surface area contributed by atoms with E-state index in [2.05, 4.69) is 60.1 Å². The maximum absolute atomic E-state index is 13.3. The lowest BCUT2D eigenvalue weighted by Gasteiger charge is -2.44. The molecule has 0 aromatic heterocycles. The molecule has 5 unspecified atom stereocenters. The molecule has 11 nitrogen and oxygen atoms in total. The Bertz CT molecular complexity index is 1390. The second kappa shape index (κ2) is 25.5. The van der Waals surface area contributed by atoms with Gasteiger partial charge in [-0.3, -0.25) is 14.4 Å². The molecule has 0 radical (unpaired) electrons. The van der Waals surface area contributed by atoms with Gasteiger partial charge in [0.1, 0.15) is 0 Å². The maximum Gasteiger partial charge on any atom is 0.247 e. The summed E-state index contributed by atoms with van der Waals surface area (Å²) in [5.74, 6) is 2.29. The van der Waals surface area contributed by atoms with Crippen molar-refractivity contribution in [3.63, 3.8) is 0 Å². The molecule has 4 N–H and O–H groups in total. The molecule has 320 valence electrons. The normalized spacial score (nSPS) is 27.8. The third-order valence-corrected chi connectivity index (χ3v) is 12.9. The summed E-state index contributed by atoms with van der Waals surface area (Å²) in [7, 11) is 0. The number of ether oxygens (including phenoxy) is 3. The number of hydrogen-bond acceptors (Lipinski definition) is 8. The topological polar surface area (TPSA) is 148 Å². The van der Waals surface area contributed by atoms with Crippen LogP contribution in [0, 0.1) is 35.0 Å². The summed E-state index contributed by atoms with van der Waals surface area (Å²) in [5.41, 5.74) is 3.99. The molecule has 4 aliphatic carbocycles. The van der Waals surface area contributed by atoms with Crippen molar-refractivity contribution in [1.29, 1.82) is 0 Å². The molecular weight excluding hydrogens is 721 g/mol. The summed E-state index contributed by atoms with van der Waals surface area (Å²) in [6.45, 7) is 18.3. The van der Waals surface area contributed by atoms with Gasteiger partial charge in [-0.2, -0.15) is 0 Å². The number of aliphatic hydroxyl groups excluding tert-OH is 1. The number of aliphatic hydroxyl groups is 1. The highest BCUT2D eigenvalue weighted by atomic mass is 16.5. The van der Waals surface area contributed by atoms with Crippen LogP contribution in [0.3, 0.4) is 0 Å². The van der Waals surface area contributed by atoms with Crippen LogP contribution < -0.4 is 16.0 Å². The second-order valence-electron chi connectivity index (χ2n) is 17.0. The van der Waals surface area contributed by atoms with Crippen molar-refractivity contribution in [2.75, 3.05) is 65.8 Å². The van der Waals surface area contributed by atoms with Gasteiger partial charge in [0.25, 0.3) is 0 Å². The summed E-state index contributed by atoms with van der Waals surface area (Å²) in [6, 6.07) is 0. The number of unbranched alkanes of at least 4 members (excludes halogenated alkanes) is 1. The minimum atomic E-state index is -0.259. The predicted octanol–water partition coefficient (Wildman–Crippen LogP) is 6.42. The van der Waals surface area contributed by atoms with Crippen LogP contribution in [0.15, 0.2) is 53.1 Å². The molecule has 0 aromatic rings. The van der Waals surface area contributed by atoms with Crippen molar-refractivity contribution in [2.45, 2.75) is 116 Å². The minimum absolute atomic E-state index is 0.0211. The van der Waals surface area contributed by atoms with Crippen molar-refractivity contribution < 1.29 is 33.7 Å². The summed E-state index contributed by atoms with van der Waals surface area (Å²) in [6.07, 6.45) is 20.9. The van der Waals surface area contributed by atoms with E-state index < -0.39 is 0 Å². The van der Waals surface area contributed by atoms with Crippen LogP contribution in [-0.2, 0) is 28.6 Å². The van der Waals surface area contributed by atoms with Crippen LogP contribution in [0.5, 0.6) is 0 Å². The van der Waals surface area contributed by atoms with Crippen molar-refractivity contribution in [3.8, 4) is 0 Å². The first-order valence-electron chi connectivity index (χ1n) is 22.0. The van der Waals surface area contributed by atoms with Gasteiger partial charge in [0.15, 0.2) is 0 Å². The number of rotatable bonds is 27. The van der Waals surface area contributed by atoms with E-state index in [1.807, 2.05) is 0 Å². The van der Waals surface area contributed by atoms with Crippen LogP contribution in [0.25, 0.3) is 0 Å². The third-order valence-electron chi connectivity index (χ3n) is 12.9. The van der Waals surface area contributed by atoms with E-state index in [0.29, 0.717) is 83.8 Å². The Labute approximate surface area is 343 Å². The van der Waals surface area contributed by atoms with E-state index in [1.54, 1.807) is 0 Å². The number of carbonyl (C=O) groups excluding carboxylic acids is 3. The Hall–Kier alpha value is -2.96. The van der Waals surface area contributed by atoms with E-state index in [9.17, 15) is 19.5 Å². The lowest BCUT2D eigenvalue weighted by Crippen LogP contribution is -2.41. The fourth-order valence-corrected chi connectivity index (χ4v) is 9.38. The van der Waals surface area contributed by atoms with E-state index in [0.717, 1.165) is 101 Å². The Morgan fingerprint density at radius 2 is 1.63 bits per heavy atom. The molecule has 0 aromatic carbocycles. The summed E-state index contributed by atoms with van der Waals surface area (Å²) in [5, 5.41) is 19.7. The number of hydrogen-bond donors (Lipinski definition) is 4. The first-order chi connectivity index (χ1) is 27.6. The molecule has 4 saturated carbocycles. The van der Waals surface area contributed by atoms with Gasteiger partial charge in [-0.05, 0) is 125 Å². The maximum atomic E-state index is 13.3. The molecule has 0 bridgehead atoms. The van der Waals surface area contributed by atoms with Crippen molar-refractivity contribution in [2.24, 2.45) is 40.0 Å². The molecule has 3 amide bonds. The van der Waals surface area contributed by atoms with Crippen LogP contribution in [0.1, 0.15) is 110 Å². The number of carbonyl (C=O) groups is 3. The van der Waals surface area contributed by atoms with Crippen LogP contribution in [0.2, 0.25) is 0 Å². The number of nitrogens with one attached hydrogen (secondary N) is 3. The van der Waals surface area contributed by atoms with Gasteiger partial charge in [-0.15, -0.1) is 0 Å². The quantitative estimate of drug-likeness (QED) is 0.0550. The van der Waals surface area contributed by atoms with Crippen molar-refractivity contribution in [1.82, 2.24) is 16.0 Å². The van der Waals surface area contributed by atoms with Gasteiger partial charge in [0.05, 0.1) is 45.6 Å². The number of allylic oxidation sites excluding steroid dienone is 5. The molecule has 57 heavy (non-hydrogen) atoms. The van der Waals surface area contributed by atoms with Crippen molar-refractivity contribution >= 4 is 23.9 Å². The zero-order chi connectivity index (χ0) is 40.9. The number of amides is 3. The average Bonchev–Trinajstić information content (AvgIpc) is 3.85.